The first kappa shape index (κ1) is 26.0. The van der Waals surface area contributed by atoms with Crippen LogP contribution in [0, 0.1) is 0 Å². The van der Waals surface area contributed by atoms with Crippen molar-refractivity contribution in [2.45, 2.75) is 76.9 Å². The number of benzene rings is 2. The largest absolute Gasteiger partial charge is 0.469 e. The number of amides is 1. The van der Waals surface area contributed by atoms with E-state index in [1.165, 1.54) is 18.2 Å². The van der Waals surface area contributed by atoms with Crippen molar-refractivity contribution in [1.82, 2.24) is 9.80 Å². The monoisotopic (exact) mass is 464 g/mol. The number of carbonyl (C=O) groups is 2. The van der Waals surface area contributed by atoms with Crippen LogP contribution in [0.5, 0.6) is 0 Å². The van der Waals surface area contributed by atoms with Crippen molar-refractivity contribution >= 4 is 11.9 Å². The highest BCUT2D eigenvalue weighted by molar-refractivity contribution is 5.77. The number of piperazine rings is 1. The van der Waals surface area contributed by atoms with Crippen molar-refractivity contribution in [2.24, 2.45) is 0 Å². The average Bonchev–Trinajstić information content (AvgIpc) is 2.84. The van der Waals surface area contributed by atoms with E-state index < -0.39 is 0 Å². The number of nitrogens with zero attached hydrogens (tertiary/aromatic N) is 2. The molecule has 2 atom stereocenters. The fraction of sp³-hybridized carbons (Fsp3) is 0.517. The quantitative estimate of drug-likeness (QED) is 0.321. The normalized spacial score (nSPS) is 18.8. The van der Waals surface area contributed by atoms with Crippen LogP contribution in [0.2, 0.25) is 0 Å². The van der Waals surface area contributed by atoms with Gasteiger partial charge < -0.3 is 9.64 Å². The number of unbranched alkanes of at least 4 members (excludes halogenated alkanes) is 4. The zero-order chi connectivity index (χ0) is 24.3. The molecule has 5 heteroatoms. The molecule has 1 heterocycles. The summed E-state index contributed by atoms with van der Waals surface area (Å²) in [5.74, 6) is 0.129. The van der Waals surface area contributed by atoms with Crippen molar-refractivity contribution in [2.75, 3.05) is 20.2 Å². The molecule has 1 saturated heterocycles. The van der Waals surface area contributed by atoms with E-state index in [1.807, 2.05) is 0 Å². The Morgan fingerprint density at radius 3 is 1.76 bits per heavy atom. The van der Waals surface area contributed by atoms with Crippen LogP contribution < -0.4 is 0 Å². The minimum Gasteiger partial charge on any atom is -0.469 e. The standard InChI is InChI=1S/C29H40N2O3/c1-23-21-30(29(25-15-9-7-10-16-25)26-17-11-8-12-18-26)22-24(2)31(23)27(32)19-13-5-4-6-14-20-28(33)34-3/h7-12,15-18,23-24,29H,4-6,13-14,19-22H2,1-3H3/t23-,24+. The number of hydrogen-bond acceptors (Lipinski definition) is 4. The van der Waals surface area contributed by atoms with Crippen molar-refractivity contribution in [3.63, 3.8) is 0 Å². The Morgan fingerprint density at radius 2 is 1.26 bits per heavy atom. The zero-order valence-corrected chi connectivity index (χ0v) is 21.0. The Balaban J connectivity index is 1.54. The first-order valence-electron chi connectivity index (χ1n) is 12.7. The second-order valence-corrected chi connectivity index (χ2v) is 9.52. The molecule has 1 amide bonds. The van der Waals surface area contributed by atoms with E-state index in [-0.39, 0.29) is 30.0 Å². The van der Waals surface area contributed by atoms with Gasteiger partial charge in [-0.2, -0.15) is 0 Å². The van der Waals surface area contributed by atoms with Gasteiger partial charge >= 0.3 is 5.97 Å². The summed E-state index contributed by atoms with van der Waals surface area (Å²) in [5, 5.41) is 0. The molecule has 2 aromatic rings. The van der Waals surface area contributed by atoms with Crippen LogP contribution in [0.25, 0.3) is 0 Å². The molecular weight excluding hydrogens is 424 g/mol. The van der Waals surface area contributed by atoms with Gasteiger partial charge in [-0.1, -0.05) is 79.9 Å². The third-order valence-electron chi connectivity index (χ3n) is 6.83. The van der Waals surface area contributed by atoms with Gasteiger partial charge in [0.2, 0.25) is 5.91 Å². The summed E-state index contributed by atoms with van der Waals surface area (Å²) in [6, 6.07) is 21.9. The number of hydrogen-bond donors (Lipinski definition) is 0. The molecule has 0 bridgehead atoms. The van der Waals surface area contributed by atoms with Gasteiger partial charge in [-0.15, -0.1) is 0 Å². The molecule has 0 N–H and O–H groups in total. The predicted molar refractivity (Wildman–Crippen MR) is 136 cm³/mol. The maximum atomic E-state index is 13.1. The first-order chi connectivity index (χ1) is 16.5. The summed E-state index contributed by atoms with van der Waals surface area (Å²) in [7, 11) is 1.43. The Kier molecular flexibility index (Phi) is 10.1. The van der Waals surface area contributed by atoms with E-state index >= 15 is 0 Å². The van der Waals surface area contributed by atoms with Crippen LogP contribution >= 0.6 is 0 Å². The van der Waals surface area contributed by atoms with Gasteiger partial charge in [0.1, 0.15) is 0 Å². The first-order valence-corrected chi connectivity index (χ1v) is 12.7. The van der Waals surface area contributed by atoms with Gasteiger partial charge in [0.15, 0.2) is 0 Å². The topological polar surface area (TPSA) is 49.9 Å². The molecule has 184 valence electrons. The van der Waals surface area contributed by atoms with Crippen molar-refractivity contribution in [3.05, 3.63) is 71.8 Å². The summed E-state index contributed by atoms with van der Waals surface area (Å²) in [6.07, 6.45) is 5.95. The van der Waals surface area contributed by atoms with Gasteiger partial charge in [-0.25, -0.2) is 0 Å². The molecular formula is C29H40N2O3. The Labute approximate surface area is 205 Å². The van der Waals surface area contributed by atoms with Crippen molar-refractivity contribution in [3.8, 4) is 0 Å². The van der Waals surface area contributed by atoms with Gasteiger partial charge in [-0.05, 0) is 37.8 Å². The molecule has 2 aromatic carbocycles. The van der Waals surface area contributed by atoms with E-state index in [0.29, 0.717) is 12.8 Å². The smallest absolute Gasteiger partial charge is 0.305 e. The van der Waals surface area contributed by atoms with E-state index in [4.69, 9.17) is 0 Å². The molecule has 1 aliphatic heterocycles. The van der Waals surface area contributed by atoms with Crippen LogP contribution in [-0.2, 0) is 14.3 Å². The second-order valence-electron chi connectivity index (χ2n) is 9.52. The Morgan fingerprint density at radius 1 is 0.794 bits per heavy atom. The molecule has 0 unspecified atom stereocenters. The zero-order valence-electron chi connectivity index (χ0n) is 21.0. The third-order valence-corrected chi connectivity index (χ3v) is 6.83. The third kappa shape index (κ3) is 7.17. The Bertz CT molecular complexity index is 835. The molecule has 1 fully saturated rings. The van der Waals surface area contributed by atoms with Gasteiger partial charge in [0.25, 0.3) is 0 Å². The fourth-order valence-corrected chi connectivity index (χ4v) is 5.26. The molecule has 0 spiro atoms. The maximum absolute atomic E-state index is 13.1. The summed E-state index contributed by atoms with van der Waals surface area (Å²) in [4.78, 5) is 28.9. The molecule has 0 aromatic heterocycles. The van der Waals surface area contributed by atoms with Crippen LogP contribution in [0.15, 0.2) is 60.7 Å². The molecule has 1 aliphatic rings. The van der Waals surface area contributed by atoms with Crippen LogP contribution in [-0.4, -0.2) is 54.0 Å². The highest BCUT2D eigenvalue weighted by Gasteiger charge is 2.36. The molecule has 34 heavy (non-hydrogen) atoms. The van der Waals surface area contributed by atoms with Crippen molar-refractivity contribution in [1.29, 1.82) is 0 Å². The molecule has 5 nitrogen and oxygen atoms in total. The van der Waals surface area contributed by atoms with Crippen molar-refractivity contribution < 1.29 is 14.3 Å². The predicted octanol–water partition coefficient (Wildman–Crippen LogP) is 5.60. The van der Waals surface area contributed by atoms with E-state index in [2.05, 4.69) is 89.0 Å². The summed E-state index contributed by atoms with van der Waals surface area (Å²) in [6.45, 7) is 6.08. The fourth-order valence-electron chi connectivity index (χ4n) is 5.26. The van der Waals surface area contributed by atoms with E-state index in [0.717, 1.165) is 45.2 Å². The number of esters is 1. The summed E-state index contributed by atoms with van der Waals surface area (Å²) >= 11 is 0. The molecule has 0 radical (unpaired) electrons. The van der Waals surface area contributed by atoms with E-state index in [1.54, 1.807) is 0 Å². The SMILES string of the molecule is COC(=O)CCCCCCCC(=O)N1[C@H](C)CN(C(c2ccccc2)c2ccccc2)C[C@@H]1C. The van der Waals surface area contributed by atoms with Gasteiger partial charge in [0.05, 0.1) is 13.2 Å². The lowest BCUT2D eigenvalue weighted by molar-refractivity contribution is -0.141. The summed E-state index contributed by atoms with van der Waals surface area (Å²) in [5.41, 5.74) is 2.58. The van der Waals surface area contributed by atoms with Gasteiger partial charge in [-0.3, -0.25) is 14.5 Å². The average molecular weight is 465 g/mol. The molecule has 0 saturated carbocycles. The number of methoxy groups -OCH3 is 1. The lowest BCUT2D eigenvalue weighted by atomic mass is 9.94. The minimum atomic E-state index is -0.140. The second kappa shape index (κ2) is 13.3. The van der Waals surface area contributed by atoms with Crippen LogP contribution in [0.3, 0.4) is 0 Å². The number of carbonyl (C=O) groups excluding carboxylic acids is 2. The lowest BCUT2D eigenvalue weighted by Gasteiger charge is -2.47. The highest BCUT2D eigenvalue weighted by atomic mass is 16.5. The minimum absolute atomic E-state index is 0.140. The Hall–Kier alpha value is -2.66. The van der Waals surface area contributed by atoms with Gasteiger partial charge in [0, 0.05) is 38.0 Å². The highest BCUT2D eigenvalue weighted by Crippen LogP contribution is 2.32. The van der Waals surface area contributed by atoms with Crippen LogP contribution in [0.4, 0.5) is 0 Å². The number of ether oxygens (including phenoxy) is 1. The maximum Gasteiger partial charge on any atom is 0.305 e. The molecule has 3 rings (SSSR count). The lowest BCUT2D eigenvalue weighted by Crippen LogP contribution is -2.59. The van der Waals surface area contributed by atoms with E-state index in [9.17, 15) is 9.59 Å². The molecule has 0 aliphatic carbocycles. The summed E-state index contributed by atoms with van der Waals surface area (Å²) < 4.78 is 4.68. The number of rotatable bonds is 11. The van der Waals surface area contributed by atoms with Crippen LogP contribution in [0.1, 0.15) is 76.0 Å².